The Labute approximate surface area is 120 Å². The van der Waals surface area contributed by atoms with Crippen LogP contribution in [-0.4, -0.2) is 0 Å². The zero-order valence-corrected chi connectivity index (χ0v) is 12.5. The summed E-state index contributed by atoms with van der Waals surface area (Å²) in [6.45, 7) is 4.94. The van der Waals surface area contributed by atoms with E-state index in [4.69, 9.17) is 5.73 Å². The van der Waals surface area contributed by atoms with Gasteiger partial charge in [0, 0.05) is 18.1 Å². The predicted octanol–water partition coefficient (Wildman–Crippen LogP) is 4.20. The summed E-state index contributed by atoms with van der Waals surface area (Å²) in [6, 6.07) is 15.3. The van der Waals surface area contributed by atoms with Gasteiger partial charge in [0.25, 0.3) is 0 Å². The number of hydrogen-bond acceptors (Lipinski definition) is 2. The summed E-state index contributed by atoms with van der Waals surface area (Å²) in [7, 11) is 0. The smallest absolute Gasteiger partial charge is 0.0188 e. The lowest BCUT2D eigenvalue weighted by molar-refractivity contribution is 1.06. The fourth-order valence-electron chi connectivity index (χ4n) is 2.29. The zero-order valence-electron chi connectivity index (χ0n) is 11.6. The van der Waals surface area contributed by atoms with Crippen molar-refractivity contribution < 1.29 is 0 Å². The van der Waals surface area contributed by atoms with Gasteiger partial charge in [-0.15, -0.1) is 0 Å². The van der Waals surface area contributed by atoms with Crippen molar-refractivity contribution in [2.75, 3.05) is 0 Å². The van der Waals surface area contributed by atoms with Crippen LogP contribution in [-0.2, 0) is 18.1 Å². The van der Waals surface area contributed by atoms with E-state index in [0.29, 0.717) is 6.54 Å². The molecule has 0 aliphatic rings. The second-order valence-corrected chi connectivity index (χ2v) is 6.00. The van der Waals surface area contributed by atoms with E-state index in [-0.39, 0.29) is 0 Å². The summed E-state index contributed by atoms with van der Waals surface area (Å²) in [5.74, 6) is 2.11. The number of hydrogen-bond donors (Lipinski definition) is 1. The third kappa shape index (κ3) is 4.41. The normalized spacial score (nSPS) is 10.7. The summed E-state index contributed by atoms with van der Waals surface area (Å²) in [4.78, 5) is 0. The van der Waals surface area contributed by atoms with Gasteiger partial charge in [-0.05, 0) is 30.5 Å². The van der Waals surface area contributed by atoms with Crippen LogP contribution in [0, 0.1) is 13.8 Å². The molecule has 0 fully saturated rings. The molecule has 2 aromatic rings. The monoisotopic (exact) mass is 271 g/mol. The fraction of sp³-hybridized carbons (Fsp3) is 0.294. The summed E-state index contributed by atoms with van der Waals surface area (Å²) >= 11 is 1.96. The van der Waals surface area contributed by atoms with Gasteiger partial charge in [0.15, 0.2) is 0 Å². The van der Waals surface area contributed by atoms with Gasteiger partial charge in [-0.2, -0.15) is 11.8 Å². The van der Waals surface area contributed by atoms with Crippen molar-refractivity contribution in [1.82, 2.24) is 0 Å². The largest absolute Gasteiger partial charge is 0.326 e. The number of aryl methyl sites for hydroxylation is 2. The maximum atomic E-state index is 5.66. The van der Waals surface area contributed by atoms with Crippen LogP contribution < -0.4 is 5.73 Å². The molecule has 0 aliphatic heterocycles. The minimum absolute atomic E-state index is 0.621. The van der Waals surface area contributed by atoms with Gasteiger partial charge < -0.3 is 5.73 Å². The number of nitrogens with two attached hydrogens (primary N) is 1. The van der Waals surface area contributed by atoms with Gasteiger partial charge in [0.2, 0.25) is 0 Å². The summed E-state index contributed by atoms with van der Waals surface area (Å²) in [5, 5.41) is 0. The van der Waals surface area contributed by atoms with Crippen molar-refractivity contribution >= 4 is 11.8 Å². The van der Waals surface area contributed by atoms with E-state index in [0.717, 1.165) is 11.5 Å². The van der Waals surface area contributed by atoms with E-state index in [1.807, 2.05) is 11.8 Å². The lowest BCUT2D eigenvalue weighted by atomic mass is 10.1. The molecule has 0 saturated carbocycles. The van der Waals surface area contributed by atoms with Gasteiger partial charge in [-0.25, -0.2) is 0 Å². The molecule has 0 spiro atoms. The van der Waals surface area contributed by atoms with Crippen LogP contribution in [0.15, 0.2) is 42.5 Å². The zero-order chi connectivity index (χ0) is 13.7. The number of benzene rings is 2. The van der Waals surface area contributed by atoms with E-state index in [1.165, 1.54) is 27.8 Å². The highest BCUT2D eigenvalue weighted by atomic mass is 32.2. The van der Waals surface area contributed by atoms with Crippen molar-refractivity contribution in [3.63, 3.8) is 0 Å². The molecule has 0 unspecified atom stereocenters. The van der Waals surface area contributed by atoms with Gasteiger partial charge in [0.1, 0.15) is 0 Å². The number of rotatable bonds is 5. The van der Waals surface area contributed by atoms with Gasteiger partial charge in [-0.1, -0.05) is 53.6 Å². The number of thioether (sulfide) groups is 1. The maximum absolute atomic E-state index is 5.66. The molecule has 0 atom stereocenters. The minimum Gasteiger partial charge on any atom is -0.326 e. The third-order valence-corrected chi connectivity index (χ3v) is 4.12. The Balaban J connectivity index is 1.92. The molecule has 0 saturated heterocycles. The molecule has 2 N–H and O–H groups in total. The second-order valence-electron chi connectivity index (χ2n) is 5.01. The van der Waals surface area contributed by atoms with E-state index >= 15 is 0 Å². The van der Waals surface area contributed by atoms with Crippen LogP contribution >= 0.6 is 11.8 Å². The van der Waals surface area contributed by atoms with Crippen molar-refractivity contribution in [2.24, 2.45) is 5.73 Å². The Bertz CT molecular complexity index is 528. The SMILES string of the molecule is Cc1cc(C)cc(CSCc2cccc(CN)c2)c1. The molecular formula is C17H21NS. The van der Waals surface area contributed by atoms with Crippen molar-refractivity contribution in [2.45, 2.75) is 31.9 Å². The first-order valence-corrected chi connectivity index (χ1v) is 7.75. The Morgan fingerprint density at radius 3 is 2.16 bits per heavy atom. The first-order valence-electron chi connectivity index (χ1n) is 6.60. The molecule has 100 valence electrons. The summed E-state index contributed by atoms with van der Waals surface area (Å²) in [5.41, 5.74) is 12.3. The summed E-state index contributed by atoms with van der Waals surface area (Å²) < 4.78 is 0. The van der Waals surface area contributed by atoms with E-state index in [9.17, 15) is 0 Å². The molecule has 0 radical (unpaired) electrons. The molecule has 2 aromatic carbocycles. The van der Waals surface area contributed by atoms with Crippen LogP contribution in [0.4, 0.5) is 0 Å². The first-order chi connectivity index (χ1) is 9.17. The van der Waals surface area contributed by atoms with Crippen LogP contribution in [0.25, 0.3) is 0 Å². The maximum Gasteiger partial charge on any atom is 0.0188 e. The molecule has 0 bridgehead atoms. The molecule has 19 heavy (non-hydrogen) atoms. The van der Waals surface area contributed by atoms with Crippen molar-refractivity contribution in [3.8, 4) is 0 Å². The lowest BCUT2D eigenvalue weighted by Gasteiger charge is -2.06. The quantitative estimate of drug-likeness (QED) is 0.882. The Hall–Kier alpha value is -1.25. The summed E-state index contributed by atoms with van der Waals surface area (Å²) in [6.07, 6.45) is 0. The molecule has 1 nitrogen and oxygen atoms in total. The van der Waals surface area contributed by atoms with E-state index in [2.05, 4.69) is 56.3 Å². The highest BCUT2D eigenvalue weighted by Crippen LogP contribution is 2.20. The predicted molar refractivity (Wildman–Crippen MR) is 85.2 cm³/mol. The molecule has 0 aromatic heterocycles. The van der Waals surface area contributed by atoms with Crippen molar-refractivity contribution in [1.29, 1.82) is 0 Å². The molecule has 2 heteroatoms. The van der Waals surface area contributed by atoms with E-state index < -0.39 is 0 Å². The average molecular weight is 271 g/mol. The van der Waals surface area contributed by atoms with Crippen LogP contribution in [0.3, 0.4) is 0 Å². The topological polar surface area (TPSA) is 26.0 Å². The van der Waals surface area contributed by atoms with Crippen molar-refractivity contribution in [3.05, 3.63) is 70.3 Å². The van der Waals surface area contributed by atoms with Crippen LogP contribution in [0.1, 0.15) is 27.8 Å². The average Bonchev–Trinajstić information content (AvgIpc) is 2.38. The van der Waals surface area contributed by atoms with Gasteiger partial charge >= 0.3 is 0 Å². The molecule has 0 amide bonds. The van der Waals surface area contributed by atoms with Crippen LogP contribution in [0.2, 0.25) is 0 Å². The van der Waals surface area contributed by atoms with Gasteiger partial charge in [-0.3, -0.25) is 0 Å². The molecule has 2 rings (SSSR count). The third-order valence-electron chi connectivity index (χ3n) is 3.05. The molecule has 0 aliphatic carbocycles. The fourth-order valence-corrected chi connectivity index (χ4v) is 3.21. The highest BCUT2D eigenvalue weighted by Gasteiger charge is 1.99. The van der Waals surface area contributed by atoms with Gasteiger partial charge in [0.05, 0.1) is 0 Å². The Kier molecular flexibility index (Phi) is 5.06. The van der Waals surface area contributed by atoms with E-state index in [1.54, 1.807) is 0 Å². The Morgan fingerprint density at radius 2 is 1.47 bits per heavy atom. The first kappa shape index (κ1) is 14.2. The molecular weight excluding hydrogens is 250 g/mol. The standard InChI is InChI=1S/C17H21NS/c1-13-6-14(2)8-17(7-13)12-19-11-16-5-3-4-15(9-16)10-18/h3-9H,10-12,18H2,1-2H3. The second kappa shape index (κ2) is 6.78. The molecule has 0 heterocycles. The van der Waals surface area contributed by atoms with Crippen LogP contribution in [0.5, 0.6) is 0 Å². The minimum atomic E-state index is 0.621. The Morgan fingerprint density at radius 1 is 0.842 bits per heavy atom. The highest BCUT2D eigenvalue weighted by molar-refractivity contribution is 7.97. The lowest BCUT2D eigenvalue weighted by Crippen LogP contribution is -1.96.